The minimum absolute atomic E-state index is 0.0666. The maximum atomic E-state index is 14.0. The minimum atomic E-state index is -0.705. The Hall–Kier alpha value is -3.01. The predicted molar refractivity (Wildman–Crippen MR) is 99.8 cm³/mol. The topological polar surface area (TPSA) is 39.2 Å². The van der Waals surface area contributed by atoms with E-state index < -0.39 is 11.8 Å². The average molecular weight is 349 g/mol. The van der Waals surface area contributed by atoms with Gasteiger partial charge in [-0.3, -0.25) is 4.98 Å². The highest BCUT2D eigenvalue weighted by molar-refractivity contribution is 5.91. The molecule has 26 heavy (non-hydrogen) atoms. The highest BCUT2D eigenvalue weighted by Gasteiger charge is 2.14. The molecule has 0 aliphatic heterocycles. The summed E-state index contributed by atoms with van der Waals surface area (Å²) in [6.07, 6.45) is 3.50. The fraction of sp³-hybridized carbons (Fsp3) is 0.182. The summed E-state index contributed by atoms with van der Waals surface area (Å²) in [5, 5.41) is 0. The third-order valence-electron chi connectivity index (χ3n) is 4.26. The van der Waals surface area contributed by atoms with Crippen molar-refractivity contribution in [3.05, 3.63) is 83.3 Å². The molecule has 0 amide bonds. The zero-order valence-electron chi connectivity index (χ0n) is 14.8. The first-order valence-electron chi connectivity index (χ1n) is 8.66. The van der Waals surface area contributed by atoms with Crippen LogP contribution in [-0.2, 0) is 12.8 Å². The van der Waals surface area contributed by atoms with Gasteiger partial charge in [-0.05, 0) is 66.4 Å². The fourth-order valence-corrected chi connectivity index (χ4v) is 2.60. The summed E-state index contributed by atoms with van der Waals surface area (Å²) in [7, 11) is 0. The number of rotatable bonds is 5. The normalized spacial score (nSPS) is 10.6. The van der Waals surface area contributed by atoms with Gasteiger partial charge in [-0.1, -0.05) is 26.0 Å². The minimum Gasteiger partial charge on any atom is -0.423 e. The second kappa shape index (κ2) is 7.91. The van der Waals surface area contributed by atoms with E-state index in [0.717, 1.165) is 23.2 Å². The molecule has 3 aromatic rings. The van der Waals surface area contributed by atoms with Crippen LogP contribution in [0.25, 0.3) is 11.3 Å². The standard InChI is InChI=1S/C22H20FNO2/c1-3-15-5-11-19(20(23)13-15)22(25)26-18-9-7-17(8-10-18)21-12-6-16(4-2)14-24-21/h5-14H,3-4H2,1-2H3. The van der Waals surface area contributed by atoms with Crippen LogP contribution in [0.1, 0.15) is 35.3 Å². The molecule has 0 atom stereocenters. The van der Waals surface area contributed by atoms with Crippen LogP contribution in [0.5, 0.6) is 5.75 Å². The number of aryl methyl sites for hydroxylation is 2. The molecule has 132 valence electrons. The Bertz CT molecular complexity index is 902. The van der Waals surface area contributed by atoms with E-state index in [1.54, 1.807) is 18.2 Å². The van der Waals surface area contributed by atoms with Crippen molar-refractivity contribution in [1.29, 1.82) is 0 Å². The molecule has 1 aromatic heterocycles. The summed E-state index contributed by atoms with van der Waals surface area (Å²) in [5.41, 5.74) is 3.72. The van der Waals surface area contributed by atoms with Crippen LogP contribution in [0.4, 0.5) is 4.39 Å². The van der Waals surface area contributed by atoms with Crippen LogP contribution in [0.2, 0.25) is 0 Å². The highest BCUT2D eigenvalue weighted by Crippen LogP contribution is 2.22. The lowest BCUT2D eigenvalue weighted by atomic mass is 10.1. The molecule has 3 nitrogen and oxygen atoms in total. The molecule has 0 fully saturated rings. The summed E-state index contributed by atoms with van der Waals surface area (Å²) in [5.74, 6) is -0.905. The maximum absolute atomic E-state index is 14.0. The quantitative estimate of drug-likeness (QED) is 0.467. The number of hydrogen-bond acceptors (Lipinski definition) is 3. The summed E-state index contributed by atoms with van der Waals surface area (Å²) >= 11 is 0. The van der Waals surface area contributed by atoms with E-state index in [0.29, 0.717) is 12.2 Å². The zero-order valence-corrected chi connectivity index (χ0v) is 14.8. The largest absolute Gasteiger partial charge is 0.423 e. The number of halogens is 1. The third kappa shape index (κ3) is 3.97. The van der Waals surface area contributed by atoms with Gasteiger partial charge < -0.3 is 4.74 Å². The van der Waals surface area contributed by atoms with E-state index in [1.165, 1.54) is 17.7 Å². The Morgan fingerprint density at radius 2 is 1.65 bits per heavy atom. The highest BCUT2D eigenvalue weighted by atomic mass is 19.1. The number of ether oxygens (including phenoxy) is 1. The van der Waals surface area contributed by atoms with Crippen molar-refractivity contribution < 1.29 is 13.9 Å². The molecule has 0 saturated heterocycles. The van der Waals surface area contributed by atoms with Crippen molar-refractivity contribution in [1.82, 2.24) is 4.98 Å². The van der Waals surface area contributed by atoms with E-state index >= 15 is 0 Å². The van der Waals surface area contributed by atoms with Gasteiger partial charge in [0.25, 0.3) is 0 Å². The van der Waals surface area contributed by atoms with Crippen molar-refractivity contribution in [2.24, 2.45) is 0 Å². The number of carbonyl (C=O) groups excluding carboxylic acids is 1. The molecular weight excluding hydrogens is 329 g/mol. The van der Waals surface area contributed by atoms with Gasteiger partial charge in [-0.15, -0.1) is 0 Å². The molecule has 3 rings (SSSR count). The lowest BCUT2D eigenvalue weighted by molar-refractivity contribution is 0.0730. The molecule has 2 aromatic carbocycles. The van der Waals surface area contributed by atoms with Crippen molar-refractivity contribution >= 4 is 5.97 Å². The molecule has 0 unspecified atom stereocenters. The SMILES string of the molecule is CCc1ccc(-c2ccc(OC(=O)c3ccc(CC)cc3F)cc2)nc1. The molecule has 0 aliphatic carbocycles. The summed E-state index contributed by atoms with van der Waals surface area (Å²) in [4.78, 5) is 16.6. The van der Waals surface area contributed by atoms with E-state index in [2.05, 4.69) is 11.9 Å². The summed E-state index contributed by atoms with van der Waals surface area (Å²) in [6, 6.07) is 15.6. The first-order chi connectivity index (χ1) is 12.6. The number of hydrogen-bond donors (Lipinski definition) is 0. The Morgan fingerprint density at radius 1 is 0.962 bits per heavy atom. The van der Waals surface area contributed by atoms with Crippen molar-refractivity contribution in [3.63, 3.8) is 0 Å². The second-order valence-corrected chi connectivity index (χ2v) is 5.99. The van der Waals surface area contributed by atoms with E-state index in [1.807, 2.05) is 37.4 Å². The number of esters is 1. The molecular formula is C22H20FNO2. The maximum Gasteiger partial charge on any atom is 0.346 e. The van der Waals surface area contributed by atoms with Gasteiger partial charge in [-0.25, -0.2) is 9.18 Å². The van der Waals surface area contributed by atoms with Crippen LogP contribution in [0.15, 0.2) is 60.8 Å². The third-order valence-corrected chi connectivity index (χ3v) is 4.26. The summed E-state index contributed by atoms with van der Waals surface area (Å²) < 4.78 is 19.3. The molecule has 0 saturated carbocycles. The van der Waals surface area contributed by atoms with Crippen LogP contribution in [-0.4, -0.2) is 11.0 Å². The lowest BCUT2D eigenvalue weighted by Gasteiger charge is -2.07. The van der Waals surface area contributed by atoms with Gasteiger partial charge >= 0.3 is 5.97 Å². The van der Waals surface area contributed by atoms with Gasteiger partial charge in [0.05, 0.1) is 11.3 Å². The molecule has 0 bridgehead atoms. The first-order valence-corrected chi connectivity index (χ1v) is 8.66. The Kier molecular flexibility index (Phi) is 5.42. The van der Waals surface area contributed by atoms with Gasteiger partial charge in [0.15, 0.2) is 0 Å². The second-order valence-electron chi connectivity index (χ2n) is 5.99. The number of nitrogens with zero attached hydrogens (tertiary/aromatic N) is 1. The molecule has 0 spiro atoms. The van der Waals surface area contributed by atoms with E-state index in [4.69, 9.17) is 4.74 Å². The van der Waals surface area contributed by atoms with Crippen LogP contribution >= 0.6 is 0 Å². The number of pyridine rings is 1. The van der Waals surface area contributed by atoms with Crippen molar-refractivity contribution in [3.8, 4) is 17.0 Å². The fourth-order valence-electron chi connectivity index (χ4n) is 2.60. The Balaban J connectivity index is 1.73. The Morgan fingerprint density at radius 3 is 2.23 bits per heavy atom. The Labute approximate surface area is 152 Å². The van der Waals surface area contributed by atoms with Gasteiger partial charge in [0.1, 0.15) is 11.6 Å². The number of aromatic nitrogens is 1. The van der Waals surface area contributed by atoms with Gasteiger partial charge in [0.2, 0.25) is 0 Å². The van der Waals surface area contributed by atoms with Crippen LogP contribution < -0.4 is 4.74 Å². The monoisotopic (exact) mass is 349 g/mol. The summed E-state index contributed by atoms with van der Waals surface area (Å²) in [6.45, 7) is 4.01. The molecule has 0 N–H and O–H groups in total. The number of benzene rings is 2. The van der Waals surface area contributed by atoms with E-state index in [-0.39, 0.29) is 5.56 Å². The van der Waals surface area contributed by atoms with Gasteiger partial charge in [-0.2, -0.15) is 0 Å². The van der Waals surface area contributed by atoms with Crippen LogP contribution in [0, 0.1) is 5.82 Å². The predicted octanol–water partition coefficient (Wildman–Crippen LogP) is 5.23. The van der Waals surface area contributed by atoms with Gasteiger partial charge in [0, 0.05) is 11.8 Å². The van der Waals surface area contributed by atoms with Crippen LogP contribution in [0.3, 0.4) is 0 Å². The van der Waals surface area contributed by atoms with Crippen molar-refractivity contribution in [2.75, 3.05) is 0 Å². The number of carbonyl (C=O) groups is 1. The smallest absolute Gasteiger partial charge is 0.346 e. The molecule has 0 radical (unpaired) electrons. The average Bonchev–Trinajstić information content (AvgIpc) is 2.68. The molecule has 1 heterocycles. The first kappa shape index (κ1) is 17.8. The zero-order chi connectivity index (χ0) is 18.5. The molecule has 0 aliphatic rings. The molecule has 4 heteroatoms. The van der Waals surface area contributed by atoms with Crippen molar-refractivity contribution in [2.45, 2.75) is 26.7 Å². The lowest BCUT2D eigenvalue weighted by Crippen LogP contribution is -2.11. The van der Waals surface area contributed by atoms with E-state index in [9.17, 15) is 9.18 Å².